The van der Waals surface area contributed by atoms with Gasteiger partial charge in [-0.05, 0) is 12.1 Å². The fourth-order valence-electron chi connectivity index (χ4n) is 1.31. The highest BCUT2D eigenvalue weighted by Gasteiger charge is 2.30. The molecule has 1 unspecified atom stereocenters. The largest absolute Gasteiger partial charge is 0.438 e. The molecule has 0 saturated carbocycles. The maximum atomic E-state index is 11.2. The van der Waals surface area contributed by atoms with E-state index in [0.29, 0.717) is 16.8 Å². The van der Waals surface area contributed by atoms with Gasteiger partial charge in [-0.25, -0.2) is 4.79 Å². The van der Waals surface area contributed by atoms with Crippen molar-refractivity contribution < 1.29 is 9.53 Å². The highest BCUT2D eigenvalue weighted by molar-refractivity contribution is 5.95. The molecule has 4 nitrogen and oxygen atoms in total. The van der Waals surface area contributed by atoms with E-state index in [1.165, 1.54) is 6.07 Å². The second kappa shape index (κ2) is 2.49. The predicted molar refractivity (Wildman–Crippen MR) is 44.6 cm³/mol. The van der Waals surface area contributed by atoms with Crippen molar-refractivity contribution in [1.82, 2.24) is 0 Å². The number of rotatable bonds is 0. The van der Waals surface area contributed by atoms with Crippen LogP contribution in [-0.4, -0.2) is 5.97 Å². The standard InChI is InChI=1S/C9H6N2O2/c10-4-8-6-2-1-5(11)3-7(6)9(12)13-8/h1-3,8H,11H2. The number of fused-ring (bicyclic) bond motifs is 1. The predicted octanol–water partition coefficient (Wildman–Crippen LogP) is 1.00. The summed E-state index contributed by atoms with van der Waals surface area (Å²) in [6, 6.07) is 6.70. The van der Waals surface area contributed by atoms with Gasteiger partial charge >= 0.3 is 5.97 Å². The minimum Gasteiger partial charge on any atom is -0.438 e. The van der Waals surface area contributed by atoms with Gasteiger partial charge in [-0.2, -0.15) is 5.26 Å². The second-order valence-electron chi connectivity index (χ2n) is 2.76. The van der Waals surface area contributed by atoms with Crippen molar-refractivity contribution in [3.8, 4) is 6.07 Å². The van der Waals surface area contributed by atoms with E-state index < -0.39 is 12.1 Å². The number of cyclic esters (lactones) is 1. The Balaban J connectivity index is 2.60. The van der Waals surface area contributed by atoms with E-state index in [9.17, 15) is 4.79 Å². The van der Waals surface area contributed by atoms with Gasteiger partial charge in [-0.3, -0.25) is 0 Å². The van der Waals surface area contributed by atoms with Crippen molar-refractivity contribution in [3.05, 3.63) is 29.3 Å². The van der Waals surface area contributed by atoms with Gasteiger partial charge in [-0.1, -0.05) is 6.07 Å². The monoisotopic (exact) mass is 174 g/mol. The lowest BCUT2D eigenvalue weighted by Gasteiger charge is -1.98. The maximum absolute atomic E-state index is 11.2. The molecule has 4 heteroatoms. The third-order valence-corrected chi connectivity index (χ3v) is 1.92. The molecule has 2 N–H and O–H groups in total. The molecule has 1 aliphatic heterocycles. The van der Waals surface area contributed by atoms with E-state index in [0.717, 1.165) is 0 Å². The zero-order valence-electron chi connectivity index (χ0n) is 6.65. The summed E-state index contributed by atoms with van der Waals surface area (Å²) in [5.41, 5.74) is 6.98. The number of carbonyl (C=O) groups excluding carboxylic acids is 1. The number of hydrogen-bond donors (Lipinski definition) is 1. The molecule has 0 fully saturated rings. The summed E-state index contributed by atoms with van der Waals surface area (Å²) in [6.07, 6.45) is -0.775. The number of nitrogens with two attached hydrogens (primary N) is 1. The lowest BCUT2D eigenvalue weighted by molar-refractivity contribution is 0.0478. The van der Waals surface area contributed by atoms with Gasteiger partial charge in [-0.15, -0.1) is 0 Å². The maximum Gasteiger partial charge on any atom is 0.340 e. The molecule has 64 valence electrons. The lowest BCUT2D eigenvalue weighted by atomic mass is 10.1. The topological polar surface area (TPSA) is 76.1 Å². The van der Waals surface area contributed by atoms with E-state index >= 15 is 0 Å². The molecular formula is C9H6N2O2. The Bertz CT molecular complexity index is 420. The zero-order valence-corrected chi connectivity index (χ0v) is 6.65. The number of ether oxygens (including phenoxy) is 1. The van der Waals surface area contributed by atoms with Crippen LogP contribution in [0.1, 0.15) is 22.0 Å². The minimum atomic E-state index is -0.775. The van der Waals surface area contributed by atoms with Crippen LogP contribution in [0, 0.1) is 11.3 Å². The van der Waals surface area contributed by atoms with Crippen molar-refractivity contribution in [2.75, 3.05) is 5.73 Å². The second-order valence-corrected chi connectivity index (χ2v) is 2.76. The SMILES string of the molecule is N#CC1OC(=O)c2cc(N)ccc21. The summed E-state index contributed by atoms with van der Waals surface area (Å²) in [5.74, 6) is -0.478. The number of anilines is 1. The highest BCUT2D eigenvalue weighted by atomic mass is 16.5. The first-order chi connectivity index (χ1) is 6.22. The van der Waals surface area contributed by atoms with Gasteiger partial charge < -0.3 is 10.5 Å². The van der Waals surface area contributed by atoms with Gasteiger partial charge in [0.15, 0.2) is 0 Å². The zero-order chi connectivity index (χ0) is 9.42. The molecular weight excluding hydrogens is 168 g/mol. The van der Waals surface area contributed by atoms with Crippen molar-refractivity contribution >= 4 is 11.7 Å². The first-order valence-electron chi connectivity index (χ1n) is 3.72. The van der Waals surface area contributed by atoms with Crippen LogP contribution in [-0.2, 0) is 4.74 Å². The molecule has 1 aromatic carbocycles. The number of benzene rings is 1. The molecule has 2 rings (SSSR count). The summed E-state index contributed by atoms with van der Waals surface area (Å²) >= 11 is 0. The Kier molecular flexibility index (Phi) is 1.46. The minimum absolute atomic E-state index is 0.395. The molecule has 0 amide bonds. The Morgan fingerprint density at radius 3 is 3.00 bits per heavy atom. The molecule has 0 saturated heterocycles. The summed E-state index contributed by atoms with van der Waals surface area (Å²) in [6.45, 7) is 0. The van der Waals surface area contributed by atoms with Crippen LogP contribution in [0.3, 0.4) is 0 Å². The van der Waals surface area contributed by atoms with Crippen molar-refractivity contribution in [3.63, 3.8) is 0 Å². The quantitative estimate of drug-likeness (QED) is 0.470. The molecule has 0 radical (unpaired) electrons. The van der Waals surface area contributed by atoms with Gasteiger partial charge in [0.25, 0.3) is 0 Å². The van der Waals surface area contributed by atoms with E-state index in [2.05, 4.69) is 0 Å². The molecule has 13 heavy (non-hydrogen) atoms. The van der Waals surface area contributed by atoms with Crippen molar-refractivity contribution in [2.45, 2.75) is 6.10 Å². The molecule has 0 spiro atoms. The van der Waals surface area contributed by atoms with Crippen LogP contribution in [0.5, 0.6) is 0 Å². The Hall–Kier alpha value is -2.02. The van der Waals surface area contributed by atoms with Crippen LogP contribution >= 0.6 is 0 Å². The fourth-order valence-corrected chi connectivity index (χ4v) is 1.31. The van der Waals surface area contributed by atoms with Crippen molar-refractivity contribution in [2.24, 2.45) is 0 Å². The smallest absolute Gasteiger partial charge is 0.340 e. The molecule has 0 aliphatic carbocycles. The summed E-state index contributed by atoms with van der Waals surface area (Å²) in [5, 5.41) is 8.64. The Morgan fingerprint density at radius 2 is 2.31 bits per heavy atom. The highest BCUT2D eigenvalue weighted by Crippen LogP contribution is 2.30. The first-order valence-corrected chi connectivity index (χ1v) is 3.72. The number of nitrogen functional groups attached to an aromatic ring is 1. The molecule has 1 atom stereocenters. The van der Waals surface area contributed by atoms with E-state index in [4.69, 9.17) is 15.7 Å². The van der Waals surface area contributed by atoms with Gasteiger partial charge in [0.05, 0.1) is 5.56 Å². The van der Waals surface area contributed by atoms with Crippen LogP contribution in [0.25, 0.3) is 0 Å². The van der Waals surface area contributed by atoms with E-state index in [1.807, 2.05) is 6.07 Å². The Morgan fingerprint density at radius 1 is 1.54 bits per heavy atom. The molecule has 0 aromatic heterocycles. The third kappa shape index (κ3) is 1.02. The molecule has 0 bridgehead atoms. The number of nitriles is 1. The Labute approximate surface area is 74.5 Å². The van der Waals surface area contributed by atoms with Crippen LogP contribution in [0.4, 0.5) is 5.69 Å². The summed E-state index contributed by atoms with van der Waals surface area (Å²) in [4.78, 5) is 11.2. The third-order valence-electron chi connectivity index (χ3n) is 1.92. The normalized spacial score (nSPS) is 19.0. The number of esters is 1. The van der Waals surface area contributed by atoms with Gasteiger partial charge in [0.1, 0.15) is 6.07 Å². The average Bonchev–Trinajstić information content (AvgIpc) is 2.43. The average molecular weight is 174 g/mol. The van der Waals surface area contributed by atoms with E-state index in [1.54, 1.807) is 12.1 Å². The first kappa shape index (κ1) is 7.62. The number of carbonyl (C=O) groups is 1. The van der Waals surface area contributed by atoms with Crippen LogP contribution < -0.4 is 5.73 Å². The summed E-state index contributed by atoms with van der Waals surface area (Å²) in [7, 11) is 0. The van der Waals surface area contributed by atoms with Crippen LogP contribution in [0.15, 0.2) is 18.2 Å². The molecule has 1 aromatic rings. The van der Waals surface area contributed by atoms with Gasteiger partial charge in [0.2, 0.25) is 6.10 Å². The van der Waals surface area contributed by atoms with E-state index in [-0.39, 0.29) is 0 Å². The lowest BCUT2D eigenvalue weighted by Crippen LogP contribution is -1.95. The van der Waals surface area contributed by atoms with Crippen LogP contribution in [0.2, 0.25) is 0 Å². The molecule has 1 heterocycles. The number of hydrogen-bond acceptors (Lipinski definition) is 4. The number of nitrogens with zero attached hydrogens (tertiary/aromatic N) is 1. The summed E-state index contributed by atoms with van der Waals surface area (Å²) < 4.78 is 4.78. The molecule has 1 aliphatic rings. The van der Waals surface area contributed by atoms with Crippen molar-refractivity contribution in [1.29, 1.82) is 5.26 Å². The fraction of sp³-hybridized carbons (Fsp3) is 0.111. The van der Waals surface area contributed by atoms with Gasteiger partial charge in [0, 0.05) is 11.3 Å².